The second kappa shape index (κ2) is 6.92. The molecule has 0 amide bonds. The number of nitrogens with two attached hydrogens (primary N) is 1. The molecule has 2 rings (SSSR count). The highest BCUT2D eigenvalue weighted by Crippen LogP contribution is 2.22. The normalized spacial score (nSPS) is 13.5. The molecule has 0 bridgehead atoms. The Morgan fingerprint density at radius 2 is 1.62 bits per heavy atom. The van der Waals surface area contributed by atoms with Crippen molar-refractivity contribution in [3.63, 3.8) is 0 Å². The first-order chi connectivity index (χ1) is 11.1. The molecule has 0 radical (unpaired) electrons. The maximum absolute atomic E-state index is 12.4. The molecule has 1 atom stereocenters. The molecule has 0 unspecified atom stereocenters. The van der Waals surface area contributed by atoms with E-state index in [9.17, 15) is 16.8 Å². The van der Waals surface area contributed by atoms with Gasteiger partial charge in [-0.2, -0.15) is 0 Å². The molecule has 0 aliphatic rings. The number of hydrogen-bond donors (Lipinski definition) is 2. The Morgan fingerprint density at radius 1 is 1.00 bits per heavy atom. The van der Waals surface area contributed by atoms with E-state index in [-0.39, 0.29) is 15.5 Å². The van der Waals surface area contributed by atoms with E-state index in [4.69, 9.17) is 5.14 Å². The Morgan fingerprint density at radius 3 is 2.17 bits per heavy atom. The minimum Gasteiger partial charge on any atom is -0.280 e. The smallest absolute Gasteiger partial charge is 0.261 e. The van der Waals surface area contributed by atoms with E-state index in [1.54, 1.807) is 12.1 Å². The third kappa shape index (κ3) is 4.34. The van der Waals surface area contributed by atoms with E-state index in [1.807, 2.05) is 0 Å². The zero-order valence-electron chi connectivity index (χ0n) is 13.4. The first-order valence-corrected chi connectivity index (χ1v) is 10.4. The van der Waals surface area contributed by atoms with Gasteiger partial charge >= 0.3 is 0 Å². The van der Waals surface area contributed by atoms with E-state index in [0.29, 0.717) is 5.92 Å². The number of sulfonamides is 2. The van der Waals surface area contributed by atoms with Crippen molar-refractivity contribution < 1.29 is 16.8 Å². The van der Waals surface area contributed by atoms with Gasteiger partial charge in [0.2, 0.25) is 10.0 Å². The van der Waals surface area contributed by atoms with Crippen molar-refractivity contribution in [2.24, 2.45) is 5.14 Å². The van der Waals surface area contributed by atoms with Crippen LogP contribution >= 0.6 is 0 Å². The quantitative estimate of drug-likeness (QED) is 0.817. The highest BCUT2D eigenvalue weighted by molar-refractivity contribution is 7.92. The molecule has 0 saturated heterocycles. The fourth-order valence-electron chi connectivity index (χ4n) is 2.16. The summed E-state index contributed by atoms with van der Waals surface area (Å²) in [6, 6.07) is 12.0. The van der Waals surface area contributed by atoms with Crippen LogP contribution in [0.1, 0.15) is 31.7 Å². The van der Waals surface area contributed by atoms with E-state index >= 15 is 0 Å². The van der Waals surface area contributed by atoms with Crippen LogP contribution in [-0.2, 0) is 20.0 Å². The molecule has 2 aromatic rings. The molecule has 0 aromatic heterocycles. The molecule has 6 nitrogen and oxygen atoms in total. The van der Waals surface area contributed by atoms with Crippen molar-refractivity contribution >= 4 is 25.7 Å². The summed E-state index contributed by atoms with van der Waals surface area (Å²) in [5.74, 6) is 0.348. The lowest BCUT2D eigenvalue weighted by Crippen LogP contribution is -2.15. The lowest BCUT2D eigenvalue weighted by Gasteiger charge is -2.12. The Balaban J connectivity index is 2.29. The van der Waals surface area contributed by atoms with Gasteiger partial charge in [-0.15, -0.1) is 0 Å². The summed E-state index contributed by atoms with van der Waals surface area (Å²) in [5, 5.41) is 5.05. The van der Waals surface area contributed by atoms with E-state index in [1.165, 1.54) is 36.4 Å². The molecule has 0 aliphatic heterocycles. The topological polar surface area (TPSA) is 106 Å². The van der Waals surface area contributed by atoms with Crippen LogP contribution in [0.25, 0.3) is 0 Å². The van der Waals surface area contributed by atoms with Crippen molar-refractivity contribution in [3.8, 4) is 0 Å². The van der Waals surface area contributed by atoms with Crippen LogP contribution in [-0.4, -0.2) is 16.8 Å². The summed E-state index contributed by atoms with van der Waals surface area (Å²) in [6.45, 7) is 4.13. The first kappa shape index (κ1) is 18.4. The van der Waals surface area contributed by atoms with Crippen molar-refractivity contribution in [1.82, 2.24) is 0 Å². The lowest BCUT2D eigenvalue weighted by atomic mass is 9.99. The maximum atomic E-state index is 12.4. The van der Waals surface area contributed by atoms with Crippen LogP contribution in [0.2, 0.25) is 0 Å². The lowest BCUT2D eigenvalue weighted by molar-refractivity contribution is 0.596. The SMILES string of the molecule is CC[C@@H](C)c1ccc(S(=O)(=O)Nc2cccc(S(N)(=O)=O)c2)cc1. The number of nitrogens with one attached hydrogen (secondary N) is 1. The van der Waals surface area contributed by atoms with Gasteiger partial charge in [0.25, 0.3) is 10.0 Å². The van der Waals surface area contributed by atoms with Gasteiger partial charge in [-0.1, -0.05) is 32.0 Å². The summed E-state index contributed by atoms with van der Waals surface area (Å²) < 4.78 is 49.9. The van der Waals surface area contributed by atoms with Crippen LogP contribution in [0, 0.1) is 0 Å². The van der Waals surface area contributed by atoms with Crippen LogP contribution in [0.4, 0.5) is 5.69 Å². The molecular weight excluding hydrogens is 348 g/mol. The molecule has 130 valence electrons. The number of anilines is 1. The third-order valence-electron chi connectivity index (χ3n) is 3.79. The van der Waals surface area contributed by atoms with E-state index < -0.39 is 20.0 Å². The largest absolute Gasteiger partial charge is 0.280 e. The van der Waals surface area contributed by atoms with Crippen molar-refractivity contribution in [2.75, 3.05) is 4.72 Å². The zero-order valence-corrected chi connectivity index (χ0v) is 15.1. The van der Waals surface area contributed by atoms with Gasteiger partial charge in [0, 0.05) is 0 Å². The average Bonchev–Trinajstić information content (AvgIpc) is 2.53. The Bertz CT molecular complexity index is 921. The van der Waals surface area contributed by atoms with E-state index in [0.717, 1.165) is 12.0 Å². The van der Waals surface area contributed by atoms with Gasteiger partial charge in [0.05, 0.1) is 15.5 Å². The molecule has 0 saturated carbocycles. The predicted molar refractivity (Wildman–Crippen MR) is 93.8 cm³/mol. The second-order valence-corrected chi connectivity index (χ2v) is 8.80. The molecule has 24 heavy (non-hydrogen) atoms. The molecule has 2 aromatic carbocycles. The molecular formula is C16H20N2O4S2. The van der Waals surface area contributed by atoms with Crippen LogP contribution < -0.4 is 9.86 Å². The first-order valence-electron chi connectivity index (χ1n) is 7.39. The summed E-state index contributed by atoms with van der Waals surface area (Å²) >= 11 is 0. The highest BCUT2D eigenvalue weighted by atomic mass is 32.2. The van der Waals surface area contributed by atoms with Crippen molar-refractivity contribution in [1.29, 1.82) is 0 Å². The van der Waals surface area contributed by atoms with Crippen LogP contribution in [0.3, 0.4) is 0 Å². The predicted octanol–water partition coefficient (Wildman–Crippen LogP) is 2.65. The summed E-state index contributed by atoms with van der Waals surface area (Å²) in [6.07, 6.45) is 0.963. The molecule has 0 heterocycles. The van der Waals surface area contributed by atoms with Gasteiger partial charge < -0.3 is 0 Å². The molecule has 0 spiro atoms. The van der Waals surface area contributed by atoms with Gasteiger partial charge in [-0.05, 0) is 48.2 Å². The summed E-state index contributed by atoms with van der Waals surface area (Å²) in [7, 11) is -7.71. The molecule has 0 aliphatic carbocycles. The van der Waals surface area contributed by atoms with Crippen LogP contribution in [0.15, 0.2) is 58.3 Å². The Labute approximate surface area is 142 Å². The van der Waals surface area contributed by atoms with Gasteiger partial charge in [-0.3, -0.25) is 4.72 Å². The monoisotopic (exact) mass is 368 g/mol. The number of rotatable bonds is 6. The molecule has 3 N–H and O–H groups in total. The van der Waals surface area contributed by atoms with Gasteiger partial charge in [0.1, 0.15) is 0 Å². The average molecular weight is 368 g/mol. The Hall–Kier alpha value is -1.90. The zero-order chi connectivity index (χ0) is 18.0. The minimum absolute atomic E-state index is 0.107. The number of hydrogen-bond acceptors (Lipinski definition) is 4. The van der Waals surface area contributed by atoms with Crippen LogP contribution in [0.5, 0.6) is 0 Å². The van der Waals surface area contributed by atoms with E-state index in [2.05, 4.69) is 18.6 Å². The van der Waals surface area contributed by atoms with Gasteiger partial charge in [0.15, 0.2) is 0 Å². The Kier molecular flexibility index (Phi) is 5.32. The van der Waals surface area contributed by atoms with Gasteiger partial charge in [-0.25, -0.2) is 22.0 Å². The highest BCUT2D eigenvalue weighted by Gasteiger charge is 2.16. The molecule has 0 fully saturated rings. The maximum Gasteiger partial charge on any atom is 0.261 e. The second-order valence-electron chi connectivity index (χ2n) is 5.56. The molecule has 8 heteroatoms. The summed E-state index contributed by atoms with van der Waals surface area (Å²) in [4.78, 5) is -0.0506. The van der Waals surface area contributed by atoms with Crippen molar-refractivity contribution in [3.05, 3.63) is 54.1 Å². The number of primary sulfonamides is 1. The fourth-order valence-corrected chi connectivity index (χ4v) is 3.77. The minimum atomic E-state index is -3.90. The standard InChI is InChI=1S/C16H20N2O4S2/c1-3-12(2)13-7-9-15(10-8-13)24(21,22)18-14-5-4-6-16(11-14)23(17,19)20/h4-12,18H,3H2,1-2H3,(H2,17,19,20)/t12-/m1/s1. The number of benzene rings is 2. The summed E-state index contributed by atoms with van der Waals surface area (Å²) in [5.41, 5.74) is 1.19. The fraction of sp³-hybridized carbons (Fsp3) is 0.250. The van der Waals surface area contributed by atoms with Crippen molar-refractivity contribution in [2.45, 2.75) is 36.0 Å². The third-order valence-corrected chi connectivity index (χ3v) is 6.09.